The van der Waals surface area contributed by atoms with Gasteiger partial charge in [0.15, 0.2) is 11.7 Å². The molecular formula is C20H17BrF3N3O2. The largest absolute Gasteiger partial charge is 0.463 e. The Balaban J connectivity index is 2.21. The van der Waals surface area contributed by atoms with Gasteiger partial charge in [0, 0.05) is 17.1 Å². The lowest BCUT2D eigenvalue weighted by Gasteiger charge is -2.27. The highest BCUT2D eigenvalue weighted by Crippen LogP contribution is 2.35. The monoisotopic (exact) mass is 467 g/mol. The summed E-state index contributed by atoms with van der Waals surface area (Å²) < 4.78 is 46.9. The van der Waals surface area contributed by atoms with Crippen molar-refractivity contribution in [2.45, 2.75) is 19.9 Å². The number of alkyl halides is 1. The Kier molecular flexibility index (Phi) is 6.36. The van der Waals surface area contributed by atoms with Crippen molar-refractivity contribution in [3.8, 4) is 0 Å². The molecule has 0 spiro atoms. The standard InChI is InChI=1S/C20H17BrF3N3O2/c1-3-29-20(28)16-15(8-21)26-19(18-14(24)7-11(22)9-25-18)27-17(16)12-5-4-6-13(23)10(12)2/h4-7,9,17H,3,8H2,1-2H3,(H,26,27). The molecule has 2 aromatic rings. The molecule has 1 aromatic carbocycles. The number of aliphatic imine (C=N–C) groups is 1. The minimum absolute atomic E-state index is 0.00124. The van der Waals surface area contributed by atoms with Crippen LogP contribution in [0.25, 0.3) is 0 Å². The van der Waals surface area contributed by atoms with E-state index in [-0.39, 0.29) is 29.0 Å². The van der Waals surface area contributed by atoms with Gasteiger partial charge >= 0.3 is 5.97 Å². The predicted octanol–water partition coefficient (Wildman–Crippen LogP) is 4.11. The molecule has 3 rings (SSSR count). The van der Waals surface area contributed by atoms with Crippen molar-refractivity contribution >= 4 is 27.7 Å². The highest BCUT2D eigenvalue weighted by molar-refractivity contribution is 9.09. The van der Waals surface area contributed by atoms with Crippen LogP contribution in [0.5, 0.6) is 0 Å². The SMILES string of the molecule is CCOC(=O)C1=C(CBr)NC(c2ncc(F)cc2F)=NC1c1cccc(F)c1C. The number of ether oxygens (including phenoxy) is 1. The Labute approximate surface area is 173 Å². The maximum Gasteiger partial charge on any atom is 0.338 e. The van der Waals surface area contributed by atoms with Gasteiger partial charge in [-0.3, -0.25) is 4.99 Å². The number of benzene rings is 1. The van der Waals surface area contributed by atoms with E-state index in [1.807, 2.05) is 0 Å². The minimum Gasteiger partial charge on any atom is -0.463 e. The molecule has 0 saturated heterocycles. The normalized spacial score (nSPS) is 16.3. The maximum atomic E-state index is 14.3. The zero-order valence-corrected chi connectivity index (χ0v) is 17.2. The second-order valence-electron chi connectivity index (χ2n) is 6.19. The first-order valence-corrected chi connectivity index (χ1v) is 9.86. The lowest BCUT2D eigenvalue weighted by molar-refractivity contribution is -0.138. The molecule has 0 fully saturated rings. The molecule has 1 N–H and O–H groups in total. The van der Waals surface area contributed by atoms with E-state index in [1.54, 1.807) is 19.9 Å². The fourth-order valence-corrected chi connectivity index (χ4v) is 3.45. The molecular weight excluding hydrogens is 451 g/mol. The molecule has 0 saturated carbocycles. The van der Waals surface area contributed by atoms with E-state index in [9.17, 15) is 18.0 Å². The number of aromatic nitrogens is 1. The Hall–Kier alpha value is -2.68. The second-order valence-corrected chi connectivity index (χ2v) is 6.75. The van der Waals surface area contributed by atoms with Crippen LogP contribution in [0.3, 0.4) is 0 Å². The van der Waals surface area contributed by atoms with Gasteiger partial charge in [0.2, 0.25) is 0 Å². The van der Waals surface area contributed by atoms with Gasteiger partial charge in [-0.2, -0.15) is 0 Å². The van der Waals surface area contributed by atoms with Gasteiger partial charge in [-0.1, -0.05) is 28.1 Å². The first-order valence-electron chi connectivity index (χ1n) is 8.74. The number of rotatable bonds is 5. The summed E-state index contributed by atoms with van der Waals surface area (Å²) in [7, 11) is 0. The molecule has 29 heavy (non-hydrogen) atoms. The second kappa shape index (κ2) is 8.77. The summed E-state index contributed by atoms with van der Waals surface area (Å²) in [5.74, 6) is -2.84. The van der Waals surface area contributed by atoms with Crippen LogP contribution in [0, 0.1) is 24.4 Å². The fourth-order valence-electron chi connectivity index (χ4n) is 3.00. The number of nitrogens with one attached hydrogen (secondary N) is 1. The van der Waals surface area contributed by atoms with E-state index in [2.05, 4.69) is 31.2 Å². The Morgan fingerprint density at radius 3 is 2.69 bits per heavy atom. The van der Waals surface area contributed by atoms with Gasteiger partial charge in [0.05, 0.1) is 18.4 Å². The number of carbonyl (C=O) groups is 1. The van der Waals surface area contributed by atoms with Gasteiger partial charge < -0.3 is 10.1 Å². The van der Waals surface area contributed by atoms with Crippen LogP contribution in [0.2, 0.25) is 0 Å². The average Bonchev–Trinajstić information content (AvgIpc) is 2.69. The number of pyridine rings is 1. The molecule has 1 aliphatic heterocycles. The number of amidine groups is 1. The molecule has 152 valence electrons. The van der Waals surface area contributed by atoms with E-state index in [0.717, 1.165) is 6.20 Å². The summed E-state index contributed by atoms with van der Waals surface area (Å²) in [4.78, 5) is 20.9. The van der Waals surface area contributed by atoms with Gasteiger partial charge in [0.1, 0.15) is 23.4 Å². The first kappa shape index (κ1) is 21.0. The van der Waals surface area contributed by atoms with Gasteiger partial charge in [0.25, 0.3) is 0 Å². The van der Waals surface area contributed by atoms with E-state index in [4.69, 9.17) is 4.74 Å². The predicted molar refractivity (Wildman–Crippen MR) is 105 cm³/mol. The Morgan fingerprint density at radius 2 is 2.03 bits per heavy atom. The summed E-state index contributed by atoms with van der Waals surface area (Å²) in [6, 6.07) is 4.16. The van der Waals surface area contributed by atoms with Crippen LogP contribution in [0.1, 0.15) is 29.8 Å². The number of allylic oxidation sites excluding steroid dienone is 1. The molecule has 9 heteroatoms. The number of hydrogen-bond acceptors (Lipinski definition) is 5. The van der Waals surface area contributed by atoms with Crippen LogP contribution >= 0.6 is 15.9 Å². The number of hydrogen-bond donors (Lipinski definition) is 1. The van der Waals surface area contributed by atoms with Gasteiger partial charge in [-0.25, -0.2) is 22.9 Å². The van der Waals surface area contributed by atoms with Crippen molar-refractivity contribution in [1.82, 2.24) is 10.3 Å². The minimum atomic E-state index is -0.959. The molecule has 1 aromatic heterocycles. The Bertz CT molecular complexity index is 1020. The van der Waals surface area contributed by atoms with Crippen LogP contribution in [0.4, 0.5) is 13.2 Å². The van der Waals surface area contributed by atoms with Crippen molar-refractivity contribution < 1.29 is 22.7 Å². The molecule has 0 bridgehead atoms. The van der Waals surface area contributed by atoms with Crippen molar-refractivity contribution in [2.24, 2.45) is 4.99 Å². The molecule has 0 aliphatic carbocycles. The van der Waals surface area contributed by atoms with Gasteiger partial charge in [-0.15, -0.1) is 0 Å². The summed E-state index contributed by atoms with van der Waals surface area (Å²) in [5.41, 5.74) is 1.04. The smallest absolute Gasteiger partial charge is 0.338 e. The summed E-state index contributed by atoms with van der Waals surface area (Å²) in [6.45, 7) is 3.37. The summed E-state index contributed by atoms with van der Waals surface area (Å²) in [5, 5.41) is 3.05. The molecule has 1 atom stereocenters. The van der Waals surface area contributed by atoms with Crippen LogP contribution in [0.15, 0.2) is 46.7 Å². The lowest BCUT2D eigenvalue weighted by Crippen LogP contribution is -2.35. The molecule has 1 aliphatic rings. The van der Waals surface area contributed by atoms with Crippen molar-refractivity contribution in [3.63, 3.8) is 0 Å². The van der Waals surface area contributed by atoms with Gasteiger partial charge in [-0.05, 0) is 31.0 Å². The molecule has 2 heterocycles. The zero-order chi connectivity index (χ0) is 21.1. The van der Waals surface area contributed by atoms with Crippen molar-refractivity contribution in [3.05, 3.63) is 76.0 Å². The van der Waals surface area contributed by atoms with Crippen molar-refractivity contribution in [2.75, 3.05) is 11.9 Å². The Morgan fingerprint density at radius 1 is 1.28 bits per heavy atom. The molecule has 5 nitrogen and oxygen atoms in total. The molecule has 0 radical (unpaired) electrons. The lowest BCUT2D eigenvalue weighted by atomic mass is 9.92. The van der Waals surface area contributed by atoms with E-state index in [0.29, 0.717) is 22.9 Å². The topological polar surface area (TPSA) is 63.6 Å². The van der Waals surface area contributed by atoms with Crippen LogP contribution < -0.4 is 5.32 Å². The van der Waals surface area contributed by atoms with Crippen LogP contribution in [-0.4, -0.2) is 28.7 Å². The summed E-state index contributed by atoms with van der Waals surface area (Å²) >= 11 is 3.30. The average molecular weight is 468 g/mol. The zero-order valence-electron chi connectivity index (χ0n) is 15.6. The number of carbonyl (C=O) groups excluding carboxylic acids is 1. The summed E-state index contributed by atoms with van der Waals surface area (Å²) in [6.07, 6.45) is 0.865. The van der Waals surface area contributed by atoms with E-state index >= 15 is 0 Å². The maximum absolute atomic E-state index is 14.3. The quantitative estimate of drug-likeness (QED) is 0.530. The third kappa shape index (κ3) is 4.19. The fraction of sp³-hybridized carbons (Fsp3) is 0.250. The molecule has 1 unspecified atom stereocenters. The number of nitrogens with zero attached hydrogens (tertiary/aromatic N) is 2. The third-order valence-electron chi connectivity index (χ3n) is 4.39. The number of esters is 1. The van der Waals surface area contributed by atoms with Crippen molar-refractivity contribution in [1.29, 1.82) is 0 Å². The van der Waals surface area contributed by atoms with E-state index in [1.165, 1.54) is 12.1 Å². The van der Waals surface area contributed by atoms with E-state index < -0.39 is 29.5 Å². The highest BCUT2D eigenvalue weighted by Gasteiger charge is 2.34. The number of halogens is 4. The highest BCUT2D eigenvalue weighted by atomic mass is 79.9. The molecule has 0 amide bonds. The van der Waals surface area contributed by atoms with Crippen LogP contribution in [-0.2, 0) is 9.53 Å². The first-order chi connectivity index (χ1) is 13.9. The third-order valence-corrected chi connectivity index (χ3v) is 4.95.